The number of benzene rings is 2. The third kappa shape index (κ3) is 2.92. The van der Waals surface area contributed by atoms with E-state index in [0.717, 1.165) is 3.97 Å². The molecule has 3 nitrogen and oxygen atoms in total. The van der Waals surface area contributed by atoms with E-state index in [4.69, 9.17) is 0 Å². The average Bonchev–Trinajstić information content (AvgIpc) is 2.90. The molecule has 3 rings (SSSR count). The summed E-state index contributed by atoms with van der Waals surface area (Å²) in [6.45, 7) is 3.76. The van der Waals surface area contributed by atoms with Gasteiger partial charge < -0.3 is 0 Å². The predicted octanol–water partition coefficient (Wildman–Crippen LogP) is 4.00. The van der Waals surface area contributed by atoms with Crippen LogP contribution in [0.25, 0.3) is 11.3 Å². The Labute approximate surface area is 139 Å². The fraction of sp³-hybridized carbons (Fsp3) is 0. The lowest BCUT2D eigenvalue weighted by molar-refractivity contribution is 0.587. The van der Waals surface area contributed by atoms with Crippen molar-refractivity contribution in [1.82, 2.24) is 3.97 Å². The first-order valence-electron chi connectivity index (χ1n) is 6.73. The highest BCUT2D eigenvalue weighted by atomic mass is 32.2. The molecule has 0 aliphatic carbocycles. The summed E-state index contributed by atoms with van der Waals surface area (Å²) in [7, 11) is -3.88. The van der Waals surface area contributed by atoms with E-state index >= 15 is 0 Å². The van der Waals surface area contributed by atoms with Gasteiger partial charge in [-0.25, -0.2) is 16.8 Å². The number of nitrogens with zero attached hydrogens (tertiary/aromatic N) is 1. The number of thiol groups is 1. The van der Waals surface area contributed by atoms with Crippen molar-refractivity contribution in [3.8, 4) is 11.3 Å². The van der Waals surface area contributed by atoms with Gasteiger partial charge in [0.25, 0.3) is 10.0 Å². The summed E-state index contributed by atoms with van der Waals surface area (Å²) in [5.41, 5.74) is 0.916. The van der Waals surface area contributed by atoms with Gasteiger partial charge in [0.05, 0.1) is 10.6 Å². The normalized spacial score (nSPS) is 11.6. The van der Waals surface area contributed by atoms with E-state index in [2.05, 4.69) is 19.6 Å². The molecule has 6 heteroatoms. The number of aromatic nitrogens is 1. The van der Waals surface area contributed by atoms with Crippen molar-refractivity contribution in [1.29, 1.82) is 0 Å². The predicted molar refractivity (Wildman–Crippen MR) is 90.6 cm³/mol. The molecule has 0 aliphatic rings. The highest BCUT2D eigenvalue weighted by Gasteiger charge is 2.22. The second-order valence-corrected chi connectivity index (χ2v) is 7.34. The zero-order chi connectivity index (χ0) is 16.6. The molecule has 23 heavy (non-hydrogen) atoms. The van der Waals surface area contributed by atoms with E-state index in [1.807, 2.05) is 0 Å². The van der Waals surface area contributed by atoms with Gasteiger partial charge in [-0.1, -0.05) is 18.2 Å². The Morgan fingerprint density at radius 2 is 1.78 bits per heavy atom. The van der Waals surface area contributed by atoms with Crippen molar-refractivity contribution < 1.29 is 12.8 Å². The molecule has 0 aliphatic heterocycles. The van der Waals surface area contributed by atoms with Crippen LogP contribution in [0, 0.1) is 12.7 Å². The van der Waals surface area contributed by atoms with Crippen LogP contribution in [-0.4, -0.2) is 12.4 Å². The smallest absolute Gasteiger partial charge is 0.241 e. The van der Waals surface area contributed by atoms with E-state index in [0.29, 0.717) is 10.5 Å². The van der Waals surface area contributed by atoms with Gasteiger partial charge in [-0.05, 0) is 48.9 Å². The Morgan fingerprint density at radius 1 is 1.04 bits per heavy atom. The summed E-state index contributed by atoms with van der Waals surface area (Å²) in [4.78, 5) is 0.610. The molecule has 0 N–H and O–H groups in total. The highest BCUT2D eigenvalue weighted by molar-refractivity contribution is 7.90. The topological polar surface area (TPSA) is 39.1 Å². The molecule has 0 unspecified atom stereocenters. The molecule has 0 spiro atoms. The third-order valence-corrected chi connectivity index (χ3v) is 5.31. The molecular formula is C17H13FNO2S2. The van der Waals surface area contributed by atoms with Crippen LogP contribution in [0.4, 0.5) is 4.39 Å². The van der Waals surface area contributed by atoms with Crippen LogP contribution in [0.3, 0.4) is 0 Å². The van der Waals surface area contributed by atoms with Crippen LogP contribution >= 0.6 is 12.6 Å². The number of hydrogen-bond acceptors (Lipinski definition) is 3. The number of hydrogen-bond donors (Lipinski definition) is 1. The minimum Gasteiger partial charge on any atom is -0.241 e. The Hall–Kier alpha value is -2.05. The minimum atomic E-state index is -3.88. The van der Waals surface area contributed by atoms with Crippen molar-refractivity contribution >= 4 is 22.7 Å². The second kappa shape index (κ2) is 5.86. The summed E-state index contributed by atoms with van der Waals surface area (Å²) in [6.07, 6.45) is 1.38. The maximum Gasteiger partial charge on any atom is 0.268 e. The molecule has 0 atom stereocenters. The quantitative estimate of drug-likeness (QED) is 0.728. The lowest BCUT2D eigenvalue weighted by Crippen LogP contribution is -2.13. The molecular weight excluding hydrogens is 333 g/mol. The van der Waals surface area contributed by atoms with E-state index in [1.54, 1.807) is 30.3 Å². The number of halogens is 1. The molecule has 0 saturated heterocycles. The molecule has 3 aromatic rings. The van der Waals surface area contributed by atoms with Gasteiger partial charge in [0.1, 0.15) is 5.82 Å². The Balaban J connectivity index is 2.24. The van der Waals surface area contributed by atoms with Crippen molar-refractivity contribution in [3.05, 3.63) is 79.1 Å². The summed E-state index contributed by atoms with van der Waals surface area (Å²) in [5.74, 6) is -0.495. The molecule has 2 aromatic carbocycles. The van der Waals surface area contributed by atoms with Crippen LogP contribution in [0.5, 0.6) is 0 Å². The van der Waals surface area contributed by atoms with Crippen molar-refractivity contribution in [2.75, 3.05) is 0 Å². The second-order valence-electron chi connectivity index (χ2n) is 5.01. The maximum atomic E-state index is 14.1. The van der Waals surface area contributed by atoms with Gasteiger partial charge in [-0.15, -0.1) is 12.6 Å². The molecule has 0 bridgehead atoms. The Bertz CT molecular complexity index is 978. The molecule has 1 radical (unpaired) electrons. The van der Waals surface area contributed by atoms with Gasteiger partial charge in [0.2, 0.25) is 0 Å². The van der Waals surface area contributed by atoms with Crippen LogP contribution in [-0.2, 0) is 10.0 Å². The van der Waals surface area contributed by atoms with E-state index in [-0.39, 0.29) is 16.2 Å². The molecule has 117 valence electrons. The number of rotatable bonds is 3. The molecule has 1 heterocycles. The molecule has 0 amide bonds. The van der Waals surface area contributed by atoms with Crippen LogP contribution in [0.15, 0.2) is 70.6 Å². The van der Waals surface area contributed by atoms with E-state index < -0.39 is 15.8 Å². The first-order chi connectivity index (χ1) is 10.9. The fourth-order valence-corrected chi connectivity index (χ4v) is 4.07. The largest absolute Gasteiger partial charge is 0.268 e. The zero-order valence-electron chi connectivity index (χ0n) is 12.0. The van der Waals surface area contributed by atoms with Crippen LogP contribution in [0.2, 0.25) is 0 Å². The van der Waals surface area contributed by atoms with Crippen LogP contribution < -0.4 is 0 Å². The maximum absolute atomic E-state index is 14.1. The minimum absolute atomic E-state index is 0.0817. The average molecular weight is 346 g/mol. The lowest BCUT2D eigenvalue weighted by atomic mass is 10.1. The summed E-state index contributed by atoms with van der Waals surface area (Å²) in [5, 5.41) is 0. The Morgan fingerprint density at radius 3 is 2.48 bits per heavy atom. The van der Waals surface area contributed by atoms with Crippen molar-refractivity contribution in [2.45, 2.75) is 9.79 Å². The van der Waals surface area contributed by atoms with Gasteiger partial charge in [-0.3, -0.25) is 0 Å². The summed E-state index contributed by atoms with van der Waals surface area (Å²) in [6, 6.07) is 13.8. The Kier molecular flexibility index (Phi) is 4.04. The van der Waals surface area contributed by atoms with E-state index in [9.17, 15) is 12.8 Å². The standard InChI is InChI=1S/C17H13FNO2S2/c1-12-9-17(15-7-2-3-8-16(15)18)19(11-12)23(20,21)14-6-4-5-13(22)10-14/h2-11,22H,1H2. The first-order valence-corrected chi connectivity index (χ1v) is 8.62. The van der Waals surface area contributed by atoms with Gasteiger partial charge in [-0.2, -0.15) is 0 Å². The molecule has 0 fully saturated rings. The van der Waals surface area contributed by atoms with E-state index in [1.165, 1.54) is 30.5 Å². The SMILES string of the molecule is [CH2]c1cc(-c2ccccc2F)n(S(=O)(=O)c2cccc(S)c2)c1. The van der Waals surface area contributed by atoms with Gasteiger partial charge >= 0.3 is 0 Å². The zero-order valence-corrected chi connectivity index (χ0v) is 13.7. The third-order valence-electron chi connectivity index (χ3n) is 3.37. The summed E-state index contributed by atoms with van der Waals surface area (Å²) >= 11 is 4.17. The monoisotopic (exact) mass is 346 g/mol. The van der Waals surface area contributed by atoms with Crippen molar-refractivity contribution in [3.63, 3.8) is 0 Å². The summed E-state index contributed by atoms with van der Waals surface area (Å²) < 4.78 is 40.9. The fourth-order valence-electron chi connectivity index (χ4n) is 2.32. The van der Waals surface area contributed by atoms with Crippen molar-refractivity contribution in [2.24, 2.45) is 0 Å². The lowest BCUT2D eigenvalue weighted by Gasteiger charge is -2.11. The van der Waals surface area contributed by atoms with Crippen LogP contribution in [0.1, 0.15) is 5.56 Å². The van der Waals surface area contributed by atoms with Gasteiger partial charge in [0.15, 0.2) is 0 Å². The molecule has 1 aromatic heterocycles. The highest BCUT2D eigenvalue weighted by Crippen LogP contribution is 2.29. The molecule has 0 saturated carbocycles. The van der Waals surface area contributed by atoms with Gasteiger partial charge in [0, 0.05) is 16.7 Å². The first kappa shape index (κ1) is 15.8.